The van der Waals surface area contributed by atoms with E-state index in [1.54, 1.807) is 0 Å². The van der Waals surface area contributed by atoms with Crippen LogP contribution in [0.2, 0.25) is 0 Å². The molecule has 80 valence electrons. The second-order valence-corrected chi connectivity index (χ2v) is 4.14. The Bertz CT molecular complexity index is 101. The van der Waals surface area contributed by atoms with Crippen LogP contribution in [0.15, 0.2) is 0 Å². The molecule has 0 fully saturated rings. The molecule has 0 bridgehead atoms. The predicted octanol–water partition coefficient (Wildman–Crippen LogP) is 3.45. The van der Waals surface area contributed by atoms with Crippen LogP contribution in [0.4, 0.5) is 0 Å². The minimum atomic E-state index is 0.881. The van der Waals surface area contributed by atoms with E-state index in [4.69, 9.17) is 0 Å². The molecule has 1 nitrogen and oxygen atoms in total. The van der Waals surface area contributed by atoms with Crippen molar-refractivity contribution in [2.24, 2.45) is 11.8 Å². The molecule has 0 aromatic carbocycles. The summed E-state index contributed by atoms with van der Waals surface area (Å²) in [6.45, 7) is 11.6. The molecule has 2 unspecified atom stereocenters. The molecule has 0 amide bonds. The van der Waals surface area contributed by atoms with Gasteiger partial charge >= 0.3 is 0 Å². The van der Waals surface area contributed by atoms with Crippen LogP contribution in [0.25, 0.3) is 0 Å². The zero-order chi connectivity index (χ0) is 10.1. The van der Waals surface area contributed by atoms with Crippen LogP contribution in [-0.4, -0.2) is 13.1 Å². The molecule has 0 saturated carbocycles. The van der Waals surface area contributed by atoms with Crippen molar-refractivity contribution in [3.63, 3.8) is 0 Å². The van der Waals surface area contributed by atoms with E-state index in [1.165, 1.54) is 38.8 Å². The molecule has 0 aliphatic rings. The molecule has 13 heavy (non-hydrogen) atoms. The first-order valence-corrected chi connectivity index (χ1v) is 5.96. The first kappa shape index (κ1) is 13.0. The quantitative estimate of drug-likeness (QED) is 0.571. The Kier molecular flexibility index (Phi) is 8.53. The molecule has 0 aliphatic carbocycles. The second kappa shape index (κ2) is 8.55. The van der Waals surface area contributed by atoms with Gasteiger partial charge in [0, 0.05) is 0 Å². The van der Waals surface area contributed by atoms with Crippen LogP contribution in [0.5, 0.6) is 0 Å². The molecule has 0 spiro atoms. The summed E-state index contributed by atoms with van der Waals surface area (Å²) >= 11 is 0. The average Bonchev–Trinajstić information content (AvgIpc) is 2.13. The smallest absolute Gasteiger partial charge is 0.00181 e. The summed E-state index contributed by atoms with van der Waals surface area (Å²) in [4.78, 5) is 0. The van der Waals surface area contributed by atoms with Crippen LogP contribution in [0.1, 0.15) is 53.4 Å². The van der Waals surface area contributed by atoms with E-state index in [0.29, 0.717) is 0 Å². The van der Waals surface area contributed by atoms with E-state index in [0.717, 1.165) is 11.8 Å². The van der Waals surface area contributed by atoms with Crippen LogP contribution >= 0.6 is 0 Å². The first-order valence-electron chi connectivity index (χ1n) is 5.96. The molecule has 0 aromatic heterocycles. The minimum absolute atomic E-state index is 0.881. The van der Waals surface area contributed by atoms with Gasteiger partial charge in [0.15, 0.2) is 0 Å². The molecule has 2 atom stereocenters. The van der Waals surface area contributed by atoms with E-state index in [-0.39, 0.29) is 0 Å². The normalized spacial score (nSPS) is 15.7. The van der Waals surface area contributed by atoms with Gasteiger partial charge in [-0.2, -0.15) is 0 Å². The van der Waals surface area contributed by atoms with Gasteiger partial charge in [-0.15, -0.1) is 0 Å². The molecule has 1 heteroatoms. The lowest BCUT2D eigenvalue weighted by atomic mass is 9.88. The highest BCUT2D eigenvalue weighted by Crippen LogP contribution is 2.19. The lowest BCUT2D eigenvalue weighted by Crippen LogP contribution is -2.27. The zero-order valence-electron chi connectivity index (χ0n) is 9.90. The minimum Gasteiger partial charge on any atom is -0.316 e. The Morgan fingerprint density at radius 3 is 2.23 bits per heavy atom. The Balaban J connectivity index is 3.60. The van der Waals surface area contributed by atoms with Crippen molar-refractivity contribution in [3.8, 4) is 0 Å². The van der Waals surface area contributed by atoms with Crippen molar-refractivity contribution in [2.75, 3.05) is 13.1 Å². The number of nitrogens with one attached hydrogen (secondary N) is 1. The SMILES string of the molecule is CCCNCC(CC)C(C)CCC. The lowest BCUT2D eigenvalue weighted by Gasteiger charge is -2.22. The van der Waals surface area contributed by atoms with Crippen LogP contribution in [-0.2, 0) is 0 Å². The van der Waals surface area contributed by atoms with E-state index >= 15 is 0 Å². The summed E-state index contributed by atoms with van der Waals surface area (Å²) in [5, 5.41) is 3.53. The largest absolute Gasteiger partial charge is 0.316 e. The molecule has 0 aliphatic heterocycles. The van der Waals surface area contributed by atoms with Gasteiger partial charge in [-0.3, -0.25) is 0 Å². The number of rotatable bonds is 8. The highest BCUT2D eigenvalue weighted by atomic mass is 14.9. The Morgan fingerprint density at radius 2 is 1.77 bits per heavy atom. The Labute approximate surface area is 84.3 Å². The van der Waals surface area contributed by atoms with Crippen molar-refractivity contribution < 1.29 is 0 Å². The van der Waals surface area contributed by atoms with Crippen LogP contribution in [0.3, 0.4) is 0 Å². The van der Waals surface area contributed by atoms with Gasteiger partial charge in [0.25, 0.3) is 0 Å². The summed E-state index contributed by atoms with van der Waals surface area (Å²) < 4.78 is 0. The topological polar surface area (TPSA) is 12.0 Å². The van der Waals surface area contributed by atoms with Gasteiger partial charge in [0.05, 0.1) is 0 Å². The number of hydrogen-bond donors (Lipinski definition) is 1. The van der Waals surface area contributed by atoms with E-state index < -0.39 is 0 Å². The fraction of sp³-hybridized carbons (Fsp3) is 1.00. The molecular weight excluding hydrogens is 158 g/mol. The molecular formula is C12H27N. The fourth-order valence-electron chi connectivity index (χ4n) is 1.90. The van der Waals surface area contributed by atoms with Gasteiger partial charge in [-0.05, 0) is 31.3 Å². The van der Waals surface area contributed by atoms with Crippen molar-refractivity contribution in [3.05, 3.63) is 0 Å². The maximum absolute atomic E-state index is 3.53. The molecule has 1 N–H and O–H groups in total. The summed E-state index contributed by atoms with van der Waals surface area (Å²) in [5.74, 6) is 1.77. The van der Waals surface area contributed by atoms with Crippen molar-refractivity contribution >= 4 is 0 Å². The third-order valence-corrected chi connectivity index (χ3v) is 2.91. The standard InChI is InChI=1S/C12H27N/c1-5-8-11(4)12(7-3)10-13-9-6-2/h11-13H,5-10H2,1-4H3. The molecule has 0 aromatic rings. The zero-order valence-corrected chi connectivity index (χ0v) is 9.90. The average molecular weight is 185 g/mol. The molecule has 0 saturated heterocycles. The number of hydrogen-bond acceptors (Lipinski definition) is 1. The van der Waals surface area contributed by atoms with E-state index in [1.807, 2.05) is 0 Å². The Hall–Kier alpha value is -0.0400. The second-order valence-electron chi connectivity index (χ2n) is 4.14. The summed E-state index contributed by atoms with van der Waals surface area (Å²) in [5.41, 5.74) is 0. The van der Waals surface area contributed by atoms with Gasteiger partial charge in [-0.25, -0.2) is 0 Å². The molecule has 0 radical (unpaired) electrons. The van der Waals surface area contributed by atoms with Gasteiger partial charge in [-0.1, -0.05) is 47.0 Å². The highest BCUT2D eigenvalue weighted by molar-refractivity contribution is 4.67. The summed E-state index contributed by atoms with van der Waals surface area (Å²) in [6, 6.07) is 0. The van der Waals surface area contributed by atoms with Crippen molar-refractivity contribution in [1.82, 2.24) is 5.32 Å². The maximum atomic E-state index is 3.53. The monoisotopic (exact) mass is 185 g/mol. The van der Waals surface area contributed by atoms with E-state index in [9.17, 15) is 0 Å². The van der Waals surface area contributed by atoms with Gasteiger partial charge in [0.2, 0.25) is 0 Å². The Morgan fingerprint density at radius 1 is 1.08 bits per heavy atom. The summed E-state index contributed by atoms with van der Waals surface area (Å²) in [7, 11) is 0. The van der Waals surface area contributed by atoms with Crippen molar-refractivity contribution in [2.45, 2.75) is 53.4 Å². The predicted molar refractivity (Wildman–Crippen MR) is 61.0 cm³/mol. The fourth-order valence-corrected chi connectivity index (χ4v) is 1.90. The highest BCUT2D eigenvalue weighted by Gasteiger charge is 2.13. The van der Waals surface area contributed by atoms with E-state index in [2.05, 4.69) is 33.0 Å². The summed E-state index contributed by atoms with van der Waals surface area (Å²) in [6.07, 6.45) is 5.27. The molecule has 0 rings (SSSR count). The van der Waals surface area contributed by atoms with Crippen LogP contribution < -0.4 is 5.32 Å². The van der Waals surface area contributed by atoms with Gasteiger partial charge < -0.3 is 5.32 Å². The molecule has 0 heterocycles. The third kappa shape index (κ3) is 6.09. The van der Waals surface area contributed by atoms with Crippen molar-refractivity contribution in [1.29, 1.82) is 0 Å². The third-order valence-electron chi connectivity index (χ3n) is 2.91. The first-order chi connectivity index (χ1) is 6.26. The maximum Gasteiger partial charge on any atom is -0.00181 e. The van der Waals surface area contributed by atoms with Crippen LogP contribution in [0, 0.1) is 11.8 Å². The lowest BCUT2D eigenvalue weighted by molar-refractivity contribution is 0.312. The van der Waals surface area contributed by atoms with Gasteiger partial charge in [0.1, 0.15) is 0 Å².